The number of nitrogen functional groups attached to an aromatic ring is 2. The number of morpholine rings is 1. The lowest BCUT2D eigenvalue weighted by Crippen LogP contribution is -2.48. The predicted molar refractivity (Wildman–Crippen MR) is 75.9 cm³/mol. The highest BCUT2D eigenvalue weighted by molar-refractivity contribution is 5.96. The molecule has 0 bridgehead atoms. The van der Waals surface area contributed by atoms with E-state index in [4.69, 9.17) is 16.2 Å². The molecule has 0 aromatic heterocycles. The summed E-state index contributed by atoms with van der Waals surface area (Å²) in [6.07, 6.45) is 0.0979. The van der Waals surface area contributed by atoms with Gasteiger partial charge in [-0.1, -0.05) is 0 Å². The molecule has 5 nitrogen and oxygen atoms in total. The Hall–Kier alpha value is -1.75. The average Bonchev–Trinajstić information content (AvgIpc) is 2.33. The molecule has 1 amide bonds. The second kappa shape index (κ2) is 5.09. The van der Waals surface area contributed by atoms with E-state index >= 15 is 0 Å². The number of hydrogen-bond acceptors (Lipinski definition) is 4. The van der Waals surface area contributed by atoms with Crippen LogP contribution in [0.3, 0.4) is 0 Å². The first-order valence-corrected chi connectivity index (χ1v) is 6.48. The van der Waals surface area contributed by atoms with Gasteiger partial charge in [-0.3, -0.25) is 4.79 Å². The number of nitrogens with zero attached hydrogens (tertiary/aromatic N) is 1. The molecule has 0 radical (unpaired) electrons. The van der Waals surface area contributed by atoms with Gasteiger partial charge in [-0.25, -0.2) is 0 Å². The van der Waals surface area contributed by atoms with Crippen LogP contribution in [0, 0.1) is 6.92 Å². The second-order valence-corrected chi connectivity index (χ2v) is 5.25. The lowest BCUT2D eigenvalue weighted by atomic mass is 10.1. The van der Waals surface area contributed by atoms with Crippen molar-refractivity contribution in [2.24, 2.45) is 0 Å². The Morgan fingerprint density at radius 3 is 2.16 bits per heavy atom. The standard InChI is InChI=1S/C14H21N3O2/c1-8-6-17(7-9(2)19-8)14(18)11-4-12(15)10(3)13(16)5-11/h4-5,8-9H,6-7,15-16H2,1-3H3. The lowest BCUT2D eigenvalue weighted by molar-refractivity contribution is -0.0586. The molecule has 1 aliphatic heterocycles. The molecule has 0 saturated carbocycles. The third kappa shape index (κ3) is 2.81. The zero-order chi connectivity index (χ0) is 14.2. The topological polar surface area (TPSA) is 81.6 Å². The van der Waals surface area contributed by atoms with Crippen LogP contribution in [0.5, 0.6) is 0 Å². The minimum atomic E-state index is -0.0413. The van der Waals surface area contributed by atoms with Crippen LogP contribution in [0.4, 0.5) is 11.4 Å². The summed E-state index contributed by atoms with van der Waals surface area (Å²) in [4.78, 5) is 14.3. The van der Waals surface area contributed by atoms with Crippen LogP contribution in [-0.2, 0) is 4.74 Å². The third-order valence-electron chi connectivity index (χ3n) is 3.44. The van der Waals surface area contributed by atoms with Gasteiger partial charge in [0.1, 0.15) is 0 Å². The second-order valence-electron chi connectivity index (χ2n) is 5.25. The third-order valence-corrected chi connectivity index (χ3v) is 3.44. The number of carbonyl (C=O) groups is 1. The van der Waals surface area contributed by atoms with Crippen LogP contribution in [0.1, 0.15) is 29.8 Å². The Morgan fingerprint density at radius 1 is 1.21 bits per heavy atom. The predicted octanol–water partition coefficient (Wildman–Crippen LogP) is 1.41. The van der Waals surface area contributed by atoms with Crippen molar-refractivity contribution in [1.82, 2.24) is 4.90 Å². The molecule has 0 spiro atoms. The Morgan fingerprint density at radius 2 is 1.68 bits per heavy atom. The molecule has 104 valence electrons. The molecule has 19 heavy (non-hydrogen) atoms. The number of rotatable bonds is 1. The van der Waals surface area contributed by atoms with Crippen molar-refractivity contribution in [3.63, 3.8) is 0 Å². The smallest absolute Gasteiger partial charge is 0.254 e. The van der Waals surface area contributed by atoms with Gasteiger partial charge in [0.15, 0.2) is 0 Å². The monoisotopic (exact) mass is 263 g/mol. The lowest BCUT2D eigenvalue weighted by Gasteiger charge is -2.35. The summed E-state index contributed by atoms with van der Waals surface area (Å²) in [5.74, 6) is -0.0413. The molecule has 1 aliphatic rings. The van der Waals surface area contributed by atoms with Gasteiger partial charge in [-0.2, -0.15) is 0 Å². The molecule has 1 fully saturated rings. The van der Waals surface area contributed by atoms with E-state index in [1.165, 1.54) is 0 Å². The minimum Gasteiger partial charge on any atom is -0.398 e. The van der Waals surface area contributed by atoms with Crippen molar-refractivity contribution < 1.29 is 9.53 Å². The Labute approximate surface area is 113 Å². The van der Waals surface area contributed by atoms with E-state index in [-0.39, 0.29) is 18.1 Å². The summed E-state index contributed by atoms with van der Waals surface area (Å²) in [6, 6.07) is 3.39. The molecule has 5 heteroatoms. The van der Waals surface area contributed by atoms with E-state index in [1.54, 1.807) is 17.0 Å². The van der Waals surface area contributed by atoms with Gasteiger partial charge < -0.3 is 21.1 Å². The quantitative estimate of drug-likeness (QED) is 0.751. The fourth-order valence-corrected chi connectivity index (χ4v) is 2.41. The summed E-state index contributed by atoms with van der Waals surface area (Å²) in [5, 5.41) is 0. The van der Waals surface area contributed by atoms with E-state index in [2.05, 4.69) is 0 Å². The van der Waals surface area contributed by atoms with Crippen molar-refractivity contribution in [2.45, 2.75) is 33.0 Å². The maximum Gasteiger partial charge on any atom is 0.254 e. The molecule has 2 unspecified atom stereocenters. The Bertz CT molecular complexity index is 468. The molecular formula is C14H21N3O2. The number of ether oxygens (including phenoxy) is 1. The normalized spacial score (nSPS) is 23.4. The highest BCUT2D eigenvalue weighted by Gasteiger charge is 2.27. The van der Waals surface area contributed by atoms with Crippen molar-refractivity contribution in [2.75, 3.05) is 24.6 Å². The summed E-state index contributed by atoms with van der Waals surface area (Å²) in [7, 11) is 0. The van der Waals surface area contributed by atoms with Crippen molar-refractivity contribution >= 4 is 17.3 Å². The van der Waals surface area contributed by atoms with Gasteiger partial charge in [0, 0.05) is 30.0 Å². The highest BCUT2D eigenvalue weighted by Crippen LogP contribution is 2.23. The minimum absolute atomic E-state index is 0.0413. The van der Waals surface area contributed by atoms with Gasteiger partial charge in [0.25, 0.3) is 5.91 Å². The molecule has 2 rings (SSSR count). The first-order chi connectivity index (χ1) is 8.88. The molecule has 1 saturated heterocycles. The summed E-state index contributed by atoms with van der Waals surface area (Å²) < 4.78 is 5.63. The Kier molecular flexibility index (Phi) is 3.66. The summed E-state index contributed by atoms with van der Waals surface area (Å²) in [6.45, 7) is 6.97. The van der Waals surface area contributed by atoms with Crippen LogP contribution in [0.25, 0.3) is 0 Å². The van der Waals surface area contributed by atoms with Gasteiger partial charge >= 0.3 is 0 Å². The Balaban J connectivity index is 2.24. The van der Waals surface area contributed by atoms with Crippen LogP contribution in [0.2, 0.25) is 0 Å². The van der Waals surface area contributed by atoms with Crippen molar-refractivity contribution in [3.8, 4) is 0 Å². The maximum atomic E-state index is 12.5. The van der Waals surface area contributed by atoms with Gasteiger partial charge in [0.2, 0.25) is 0 Å². The van der Waals surface area contributed by atoms with E-state index < -0.39 is 0 Å². The fourth-order valence-electron chi connectivity index (χ4n) is 2.41. The fraction of sp³-hybridized carbons (Fsp3) is 0.500. The summed E-state index contributed by atoms with van der Waals surface area (Å²) >= 11 is 0. The molecule has 4 N–H and O–H groups in total. The van der Waals surface area contributed by atoms with E-state index in [1.807, 2.05) is 20.8 Å². The molecule has 1 heterocycles. The van der Waals surface area contributed by atoms with E-state index in [9.17, 15) is 4.79 Å². The number of amides is 1. The van der Waals surface area contributed by atoms with Crippen LogP contribution < -0.4 is 11.5 Å². The van der Waals surface area contributed by atoms with Crippen LogP contribution in [0.15, 0.2) is 12.1 Å². The number of carbonyl (C=O) groups excluding carboxylic acids is 1. The first kappa shape index (κ1) is 13.7. The molecule has 1 aromatic carbocycles. The molecule has 1 aromatic rings. The van der Waals surface area contributed by atoms with Crippen molar-refractivity contribution in [3.05, 3.63) is 23.3 Å². The number of nitrogens with two attached hydrogens (primary N) is 2. The molecule has 0 aliphatic carbocycles. The summed E-state index contributed by atoms with van der Waals surface area (Å²) in [5.41, 5.74) is 14.2. The maximum absolute atomic E-state index is 12.5. The zero-order valence-electron chi connectivity index (χ0n) is 11.6. The number of hydrogen-bond donors (Lipinski definition) is 2. The van der Waals surface area contributed by atoms with Crippen molar-refractivity contribution in [1.29, 1.82) is 0 Å². The van der Waals surface area contributed by atoms with Crippen LogP contribution in [-0.4, -0.2) is 36.1 Å². The molecule has 2 atom stereocenters. The first-order valence-electron chi connectivity index (χ1n) is 6.48. The molecular weight excluding hydrogens is 242 g/mol. The van der Waals surface area contributed by atoms with Crippen LogP contribution >= 0.6 is 0 Å². The highest BCUT2D eigenvalue weighted by atomic mass is 16.5. The SMILES string of the molecule is Cc1c(N)cc(C(=O)N2CC(C)OC(C)C2)cc1N. The van der Waals surface area contributed by atoms with Gasteiger partial charge in [-0.15, -0.1) is 0 Å². The average molecular weight is 263 g/mol. The largest absolute Gasteiger partial charge is 0.398 e. The van der Waals surface area contributed by atoms with Gasteiger partial charge in [0.05, 0.1) is 12.2 Å². The van der Waals surface area contributed by atoms with E-state index in [0.29, 0.717) is 30.0 Å². The van der Waals surface area contributed by atoms with Gasteiger partial charge in [-0.05, 0) is 38.5 Å². The number of anilines is 2. The number of benzene rings is 1. The van der Waals surface area contributed by atoms with E-state index in [0.717, 1.165) is 5.56 Å². The zero-order valence-corrected chi connectivity index (χ0v) is 11.6.